The molecule has 0 saturated heterocycles. The zero-order chi connectivity index (χ0) is 68.6. The second kappa shape index (κ2) is 21.9. The molecule has 4 aliphatic rings. The van der Waals surface area contributed by atoms with E-state index in [9.17, 15) is 0 Å². The normalized spacial score (nSPS) is 13.6. The number of fused-ring (bicyclic) bond motifs is 28. The molecular weight excluding hydrogens is 1280 g/mol. The largest absolute Gasteiger partial charge is 0.457 e. The Morgan fingerprint density at radius 1 is 0.219 bits per heavy atom. The number of para-hydroxylation sites is 3. The molecule has 488 valence electrons. The lowest BCUT2D eigenvalue weighted by Gasteiger charge is -2.39. The lowest BCUT2D eigenvalue weighted by Crippen LogP contribution is -2.32. The van der Waals surface area contributed by atoms with Crippen molar-refractivity contribution in [1.82, 2.24) is 9.13 Å². The number of rotatable bonds is 7. The van der Waals surface area contributed by atoms with E-state index in [1.54, 1.807) is 0 Å². The number of hydrogen-bond acceptors (Lipinski definition) is 3. The van der Waals surface area contributed by atoms with E-state index < -0.39 is 10.8 Å². The fraction of sp³-hybridized carbons (Fsp3) is 0.0200. The van der Waals surface area contributed by atoms with Crippen LogP contribution in [0.15, 0.2) is 370 Å². The Bertz CT molecular complexity index is 6800. The third-order valence-corrected chi connectivity index (χ3v) is 23.4. The Morgan fingerprint density at radius 3 is 1.11 bits per heavy atom. The van der Waals surface area contributed by atoms with Crippen molar-refractivity contribution in [3.05, 3.63) is 415 Å². The van der Waals surface area contributed by atoms with Gasteiger partial charge in [0.1, 0.15) is 23.0 Å². The first-order chi connectivity index (χ1) is 52.1. The van der Waals surface area contributed by atoms with Crippen molar-refractivity contribution < 1.29 is 9.47 Å². The van der Waals surface area contributed by atoms with Gasteiger partial charge in [-0.3, -0.25) is 0 Å². The minimum absolute atomic E-state index is 0.592. The first-order valence-electron chi connectivity index (χ1n) is 36.3. The highest BCUT2D eigenvalue weighted by molar-refractivity contribution is 6.24. The van der Waals surface area contributed by atoms with Crippen molar-refractivity contribution in [2.75, 3.05) is 4.90 Å². The van der Waals surface area contributed by atoms with E-state index in [2.05, 4.69) is 384 Å². The molecule has 23 rings (SSSR count). The maximum absolute atomic E-state index is 7.26. The molecule has 0 N–H and O–H groups in total. The van der Waals surface area contributed by atoms with Crippen molar-refractivity contribution in [3.8, 4) is 78.9 Å². The predicted octanol–water partition coefficient (Wildman–Crippen LogP) is 25.9. The van der Waals surface area contributed by atoms with Gasteiger partial charge in [-0.05, 0) is 191 Å². The Hall–Kier alpha value is -13.7. The first kappa shape index (κ1) is 58.0. The van der Waals surface area contributed by atoms with Crippen LogP contribution in [0.25, 0.3) is 121 Å². The van der Waals surface area contributed by atoms with Crippen molar-refractivity contribution in [3.63, 3.8) is 0 Å². The highest BCUT2D eigenvalue weighted by atomic mass is 16.5. The van der Waals surface area contributed by atoms with Crippen LogP contribution < -0.4 is 14.4 Å². The van der Waals surface area contributed by atoms with E-state index in [-0.39, 0.29) is 0 Å². The molecule has 5 heteroatoms. The van der Waals surface area contributed by atoms with E-state index in [0.717, 1.165) is 118 Å². The maximum atomic E-state index is 7.26. The number of hydrogen-bond donors (Lipinski definition) is 0. The summed E-state index contributed by atoms with van der Waals surface area (Å²) in [7, 11) is 0. The van der Waals surface area contributed by atoms with Crippen LogP contribution in [0.3, 0.4) is 0 Å². The Balaban J connectivity index is 0.691. The van der Waals surface area contributed by atoms with Crippen LogP contribution >= 0.6 is 0 Å². The van der Waals surface area contributed by atoms with Gasteiger partial charge in [0.15, 0.2) is 0 Å². The molecule has 0 saturated carbocycles. The summed E-state index contributed by atoms with van der Waals surface area (Å²) in [5.74, 6) is 3.46. The van der Waals surface area contributed by atoms with Crippen molar-refractivity contribution in [2.45, 2.75) is 10.8 Å². The van der Waals surface area contributed by atoms with Crippen LogP contribution in [0, 0.1) is 0 Å². The minimum atomic E-state index is -0.643. The van der Waals surface area contributed by atoms with Crippen molar-refractivity contribution in [1.29, 1.82) is 0 Å². The summed E-state index contributed by atoms with van der Waals surface area (Å²) in [6.07, 6.45) is 0. The number of anilines is 3. The standard InChI is InChI=1S/C100H61N3O2/c1-3-21-62(22-4-1)63-39-46-69(47-40-63)101(68-24-5-2-6-25-68)70-50-52-72(53-51-70)103-90-56-45-67-57-66(43-54-74(67)98(90)80-59-88-96(61-92(80)103)105-94-38-20-18-36-86(94)100(88)83-33-15-11-29-77(83)78-30-12-16-34-84(78)100)64-41-48-71(49-42-64)102-89-55-44-65-23-7-8-26-73(65)97(89)79-58-87-95(60-91(79)102)104-93-37-19-17-35-85(93)99(87)81-31-13-9-27-75(81)76-28-10-14-32-82(76)99/h1-61H. The summed E-state index contributed by atoms with van der Waals surface area (Å²) in [5, 5.41) is 9.53. The van der Waals surface area contributed by atoms with Crippen molar-refractivity contribution in [2.24, 2.45) is 0 Å². The monoisotopic (exact) mass is 1340 g/mol. The van der Waals surface area contributed by atoms with Gasteiger partial charge in [0, 0.05) is 84.4 Å². The fourth-order valence-corrected chi connectivity index (χ4v) is 19.1. The maximum Gasteiger partial charge on any atom is 0.134 e. The lowest BCUT2D eigenvalue weighted by atomic mass is 9.66. The van der Waals surface area contributed by atoms with E-state index >= 15 is 0 Å². The Labute approximate surface area is 606 Å². The third-order valence-electron chi connectivity index (χ3n) is 23.4. The minimum Gasteiger partial charge on any atom is -0.457 e. The molecule has 2 aliphatic carbocycles. The Kier molecular flexibility index (Phi) is 12.1. The fourth-order valence-electron chi connectivity index (χ4n) is 19.1. The van der Waals surface area contributed by atoms with Gasteiger partial charge in [-0.25, -0.2) is 0 Å². The van der Waals surface area contributed by atoms with Gasteiger partial charge < -0.3 is 23.5 Å². The molecule has 105 heavy (non-hydrogen) atoms. The van der Waals surface area contributed by atoms with Crippen LogP contribution in [-0.4, -0.2) is 9.13 Å². The average molecular weight is 1340 g/mol. The smallest absolute Gasteiger partial charge is 0.134 e. The third kappa shape index (κ3) is 8.01. The highest BCUT2D eigenvalue weighted by Crippen LogP contribution is 2.65. The van der Waals surface area contributed by atoms with E-state index in [1.807, 2.05) is 0 Å². The molecule has 0 bridgehead atoms. The van der Waals surface area contributed by atoms with E-state index in [1.165, 1.54) is 88.0 Å². The summed E-state index contributed by atoms with van der Waals surface area (Å²) in [5.41, 5.74) is 27.9. The molecule has 4 heterocycles. The van der Waals surface area contributed by atoms with Gasteiger partial charge in [-0.1, -0.05) is 255 Å². The summed E-state index contributed by atoms with van der Waals surface area (Å²) < 4.78 is 19.4. The second-order valence-corrected chi connectivity index (χ2v) is 28.5. The molecule has 2 aromatic heterocycles. The number of aromatic nitrogens is 2. The molecule has 5 nitrogen and oxygen atoms in total. The van der Waals surface area contributed by atoms with Crippen LogP contribution in [0.4, 0.5) is 17.1 Å². The molecule has 0 amide bonds. The van der Waals surface area contributed by atoms with Gasteiger partial charge >= 0.3 is 0 Å². The predicted molar refractivity (Wildman–Crippen MR) is 430 cm³/mol. The number of nitrogens with zero attached hydrogens (tertiary/aromatic N) is 3. The SMILES string of the molecule is c1ccc(-c2ccc(N(c3ccccc3)c3ccc(-n4c5cc6c(cc5c5c7ccc(-c8ccc(-n9c%10cc%11c(cc%10c%10c%12ccccc%12ccc%109)C9(c%10ccccc%10O%11)c%10ccccc%10-c%10ccccc%109)cc8)cc7ccc54)C4(c5ccccc5O6)c5ccccc5-c5ccccc54)cc3)cc2)cc1. The van der Waals surface area contributed by atoms with Crippen LogP contribution in [0.5, 0.6) is 23.0 Å². The highest BCUT2D eigenvalue weighted by Gasteiger charge is 2.53. The summed E-state index contributed by atoms with van der Waals surface area (Å²) in [6.45, 7) is 0. The molecule has 2 spiro atoms. The van der Waals surface area contributed by atoms with Crippen LogP contribution in [0.1, 0.15) is 44.5 Å². The Morgan fingerprint density at radius 2 is 0.590 bits per heavy atom. The molecule has 0 fully saturated rings. The van der Waals surface area contributed by atoms with Gasteiger partial charge in [0.05, 0.1) is 32.9 Å². The number of benzene rings is 17. The molecule has 19 aromatic rings. The van der Waals surface area contributed by atoms with E-state index in [4.69, 9.17) is 9.47 Å². The number of ether oxygens (including phenoxy) is 2. The molecule has 0 unspecified atom stereocenters. The molecule has 0 radical (unpaired) electrons. The second-order valence-electron chi connectivity index (χ2n) is 28.5. The molecular formula is C100H61N3O2. The average Bonchev–Trinajstić information content (AvgIpc) is 1.54. The zero-order valence-electron chi connectivity index (χ0n) is 56.9. The van der Waals surface area contributed by atoms with Crippen LogP contribution in [-0.2, 0) is 10.8 Å². The van der Waals surface area contributed by atoms with Gasteiger partial charge in [-0.15, -0.1) is 0 Å². The van der Waals surface area contributed by atoms with E-state index in [0.29, 0.717) is 0 Å². The summed E-state index contributed by atoms with van der Waals surface area (Å²) >= 11 is 0. The summed E-state index contributed by atoms with van der Waals surface area (Å²) in [4.78, 5) is 2.34. The molecule has 17 aromatic carbocycles. The summed E-state index contributed by atoms with van der Waals surface area (Å²) in [6, 6.07) is 137. The van der Waals surface area contributed by atoms with Gasteiger partial charge in [0.25, 0.3) is 0 Å². The first-order valence-corrected chi connectivity index (χ1v) is 36.3. The molecule has 0 atom stereocenters. The van der Waals surface area contributed by atoms with Gasteiger partial charge in [0.2, 0.25) is 0 Å². The van der Waals surface area contributed by atoms with Crippen molar-refractivity contribution >= 4 is 82.2 Å². The zero-order valence-corrected chi connectivity index (χ0v) is 56.9. The van der Waals surface area contributed by atoms with Gasteiger partial charge in [-0.2, -0.15) is 0 Å². The van der Waals surface area contributed by atoms with Crippen LogP contribution in [0.2, 0.25) is 0 Å². The lowest BCUT2D eigenvalue weighted by molar-refractivity contribution is 0.437. The quantitative estimate of drug-likeness (QED) is 0.159. The topological polar surface area (TPSA) is 31.6 Å². The molecule has 2 aliphatic heterocycles.